The van der Waals surface area contributed by atoms with Crippen molar-refractivity contribution in [3.05, 3.63) is 96.0 Å². The van der Waals surface area contributed by atoms with Crippen molar-refractivity contribution in [1.82, 2.24) is 0 Å². The van der Waals surface area contributed by atoms with Crippen LogP contribution in [-0.2, 0) is 0 Å². The van der Waals surface area contributed by atoms with Gasteiger partial charge in [0.1, 0.15) is 22.6 Å². The SMILES string of the molecule is COc1ccccc1N=c1oc2ccccc2cc1C(=O)Nc1ccccc1. The number of carbonyl (C=O) groups excluding carboxylic acids is 1. The van der Waals surface area contributed by atoms with Gasteiger partial charge in [-0.25, -0.2) is 4.99 Å². The van der Waals surface area contributed by atoms with Gasteiger partial charge in [-0.1, -0.05) is 48.5 Å². The fraction of sp³-hybridized carbons (Fsp3) is 0.0435. The van der Waals surface area contributed by atoms with Gasteiger partial charge < -0.3 is 14.5 Å². The summed E-state index contributed by atoms with van der Waals surface area (Å²) in [5.74, 6) is 0.301. The Bertz CT molecular complexity index is 1200. The second kappa shape index (κ2) is 7.80. The van der Waals surface area contributed by atoms with Crippen LogP contribution in [0.3, 0.4) is 0 Å². The molecule has 0 fully saturated rings. The molecule has 1 aromatic heterocycles. The van der Waals surface area contributed by atoms with Gasteiger partial charge in [-0.3, -0.25) is 4.79 Å². The predicted octanol–water partition coefficient (Wildman–Crippen LogP) is 4.93. The van der Waals surface area contributed by atoms with Crippen LogP contribution in [0.5, 0.6) is 5.75 Å². The molecule has 5 nitrogen and oxygen atoms in total. The topological polar surface area (TPSA) is 63.8 Å². The number of amides is 1. The molecule has 1 heterocycles. The molecule has 1 N–H and O–H groups in total. The zero-order valence-corrected chi connectivity index (χ0v) is 15.3. The average Bonchev–Trinajstić information content (AvgIpc) is 2.74. The van der Waals surface area contributed by atoms with Gasteiger partial charge in [-0.15, -0.1) is 0 Å². The van der Waals surface area contributed by atoms with Crippen molar-refractivity contribution < 1.29 is 13.9 Å². The summed E-state index contributed by atoms with van der Waals surface area (Å²) in [7, 11) is 1.58. The molecule has 0 unspecified atom stereocenters. The number of methoxy groups -OCH3 is 1. The Hall–Kier alpha value is -3.86. The zero-order chi connectivity index (χ0) is 19.3. The van der Waals surface area contributed by atoms with Crippen LogP contribution in [0.2, 0.25) is 0 Å². The molecule has 4 aromatic rings. The van der Waals surface area contributed by atoms with E-state index in [2.05, 4.69) is 10.3 Å². The molecule has 0 aliphatic heterocycles. The highest BCUT2D eigenvalue weighted by Gasteiger charge is 2.13. The zero-order valence-electron chi connectivity index (χ0n) is 15.3. The van der Waals surface area contributed by atoms with E-state index in [1.165, 1.54) is 0 Å². The molecule has 0 saturated heterocycles. The minimum absolute atomic E-state index is 0.219. The van der Waals surface area contributed by atoms with E-state index in [1.807, 2.05) is 78.9 Å². The quantitative estimate of drug-likeness (QED) is 0.554. The van der Waals surface area contributed by atoms with Crippen LogP contribution in [-0.4, -0.2) is 13.0 Å². The first-order valence-corrected chi connectivity index (χ1v) is 8.81. The van der Waals surface area contributed by atoms with E-state index in [0.29, 0.717) is 28.3 Å². The van der Waals surface area contributed by atoms with Crippen LogP contribution in [0.15, 0.2) is 94.3 Å². The van der Waals surface area contributed by atoms with Crippen molar-refractivity contribution in [2.45, 2.75) is 0 Å². The summed E-state index contributed by atoms with van der Waals surface area (Å²) in [6.07, 6.45) is 0. The number of rotatable bonds is 4. The maximum atomic E-state index is 13.0. The number of fused-ring (bicyclic) bond motifs is 1. The Morgan fingerprint density at radius 1 is 0.929 bits per heavy atom. The maximum Gasteiger partial charge on any atom is 0.261 e. The second-order valence-corrected chi connectivity index (χ2v) is 6.11. The van der Waals surface area contributed by atoms with Crippen molar-refractivity contribution in [3.63, 3.8) is 0 Å². The highest BCUT2D eigenvalue weighted by Crippen LogP contribution is 2.26. The normalized spacial score (nSPS) is 11.4. The van der Waals surface area contributed by atoms with Crippen molar-refractivity contribution in [2.75, 3.05) is 12.4 Å². The van der Waals surface area contributed by atoms with E-state index in [1.54, 1.807) is 13.2 Å². The molecular formula is C23H18N2O3. The Morgan fingerprint density at radius 2 is 1.64 bits per heavy atom. The summed E-state index contributed by atoms with van der Waals surface area (Å²) >= 11 is 0. The molecule has 28 heavy (non-hydrogen) atoms. The van der Waals surface area contributed by atoms with Crippen molar-refractivity contribution in [2.24, 2.45) is 4.99 Å². The molecule has 0 radical (unpaired) electrons. The monoisotopic (exact) mass is 370 g/mol. The van der Waals surface area contributed by atoms with Gasteiger partial charge >= 0.3 is 0 Å². The number of anilines is 1. The van der Waals surface area contributed by atoms with Crippen LogP contribution in [0.25, 0.3) is 11.0 Å². The Balaban J connectivity index is 1.87. The van der Waals surface area contributed by atoms with E-state index >= 15 is 0 Å². The van der Waals surface area contributed by atoms with Gasteiger partial charge in [0.05, 0.1) is 7.11 Å². The Morgan fingerprint density at radius 3 is 2.46 bits per heavy atom. The lowest BCUT2D eigenvalue weighted by molar-refractivity contribution is 0.102. The fourth-order valence-electron chi connectivity index (χ4n) is 2.87. The second-order valence-electron chi connectivity index (χ2n) is 6.11. The molecule has 0 aliphatic carbocycles. The van der Waals surface area contributed by atoms with Crippen molar-refractivity contribution in [3.8, 4) is 5.75 Å². The van der Waals surface area contributed by atoms with Gasteiger partial charge in [0, 0.05) is 11.1 Å². The Labute approximate surface area is 161 Å². The number of carbonyl (C=O) groups is 1. The Kier molecular flexibility index (Phi) is 4.89. The molecule has 0 spiro atoms. The summed E-state index contributed by atoms with van der Waals surface area (Å²) in [6, 6.07) is 25.9. The number of hydrogen-bond donors (Lipinski definition) is 1. The first kappa shape index (κ1) is 17.5. The van der Waals surface area contributed by atoms with E-state index in [-0.39, 0.29) is 11.5 Å². The lowest BCUT2D eigenvalue weighted by Crippen LogP contribution is -2.21. The lowest BCUT2D eigenvalue weighted by atomic mass is 10.1. The molecule has 4 rings (SSSR count). The third kappa shape index (κ3) is 3.64. The molecule has 0 bridgehead atoms. The minimum Gasteiger partial charge on any atom is -0.494 e. The number of nitrogens with zero attached hydrogens (tertiary/aromatic N) is 1. The third-order valence-electron chi connectivity index (χ3n) is 4.24. The van der Waals surface area contributed by atoms with Crippen LogP contribution in [0.4, 0.5) is 11.4 Å². The number of nitrogens with one attached hydrogen (secondary N) is 1. The molecule has 1 amide bonds. The molecule has 138 valence electrons. The minimum atomic E-state index is -0.297. The van der Waals surface area contributed by atoms with Crippen LogP contribution < -0.4 is 15.6 Å². The predicted molar refractivity (Wildman–Crippen MR) is 109 cm³/mol. The van der Waals surface area contributed by atoms with E-state index < -0.39 is 0 Å². The molecule has 0 saturated carbocycles. The highest BCUT2D eigenvalue weighted by atomic mass is 16.5. The van der Waals surface area contributed by atoms with Gasteiger partial charge in [-0.2, -0.15) is 0 Å². The summed E-state index contributed by atoms with van der Waals surface area (Å²) in [4.78, 5) is 17.5. The molecule has 0 aliphatic rings. The van der Waals surface area contributed by atoms with E-state index in [0.717, 1.165) is 5.39 Å². The summed E-state index contributed by atoms with van der Waals surface area (Å²) in [6.45, 7) is 0. The van der Waals surface area contributed by atoms with Gasteiger partial charge in [0.15, 0.2) is 0 Å². The smallest absolute Gasteiger partial charge is 0.261 e. The number of para-hydroxylation sites is 4. The molecule has 0 atom stereocenters. The lowest BCUT2D eigenvalue weighted by Gasteiger charge is -2.08. The largest absolute Gasteiger partial charge is 0.494 e. The first-order valence-electron chi connectivity index (χ1n) is 8.81. The summed E-state index contributed by atoms with van der Waals surface area (Å²) in [5.41, 5.74) is 2.49. The summed E-state index contributed by atoms with van der Waals surface area (Å²) in [5, 5.41) is 3.71. The number of hydrogen-bond acceptors (Lipinski definition) is 4. The maximum absolute atomic E-state index is 13.0. The van der Waals surface area contributed by atoms with Gasteiger partial charge in [-0.05, 0) is 36.4 Å². The van der Waals surface area contributed by atoms with Crippen LogP contribution in [0, 0.1) is 0 Å². The number of benzene rings is 3. The van der Waals surface area contributed by atoms with Crippen molar-refractivity contribution in [1.29, 1.82) is 0 Å². The molecule has 3 aromatic carbocycles. The fourth-order valence-corrected chi connectivity index (χ4v) is 2.87. The van der Waals surface area contributed by atoms with E-state index in [9.17, 15) is 4.79 Å². The standard InChI is InChI=1S/C23H18N2O3/c1-27-21-14-8-6-12-19(21)25-23-18(15-16-9-5-7-13-20(16)28-23)22(26)24-17-10-3-2-4-11-17/h2-15H,1H3,(H,24,26). The van der Waals surface area contributed by atoms with Crippen molar-refractivity contribution >= 4 is 28.3 Å². The van der Waals surface area contributed by atoms with Crippen LogP contribution >= 0.6 is 0 Å². The summed E-state index contributed by atoms with van der Waals surface area (Å²) < 4.78 is 11.3. The molecular weight excluding hydrogens is 352 g/mol. The third-order valence-corrected chi connectivity index (χ3v) is 4.24. The number of ether oxygens (including phenoxy) is 1. The first-order chi connectivity index (χ1) is 13.7. The van der Waals surface area contributed by atoms with Crippen LogP contribution in [0.1, 0.15) is 10.4 Å². The average molecular weight is 370 g/mol. The van der Waals surface area contributed by atoms with E-state index in [4.69, 9.17) is 9.15 Å². The highest BCUT2D eigenvalue weighted by molar-refractivity contribution is 6.05. The molecule has 5 heteroatoms. The van der Waals surface area contributed by atoms with Gasteiger partial charge in [0.2, 0.25) is 5.55 Å². The van der Waals surface area contributed by atoms with Gasteiger partial charge in [0.25, 0.3) is 5.91 Å².